The fourth-order valence-electron chi connectivity index (χ4n) is 3.88. The van der Waals surface area contributed by atoms with Crippen LogP contribution in [0.1, 0.15) is 28.9 Å². The second-order valence-corrected chi connectivity index (χ2v) is 7.83. The third-order valence-corrected chi connectivity index (χ3v) is 5.62. The number of fused-ring (bicyclic) bond motifs is 1. The molecule has 0 saturated carbocycles. The molecule has 162 valence electrons. The van der Waals surface area contributed by atoms with E-state index in [0.29, 0.717) is 27.9 Å². The summed E-state index contributed by atoms with van der Waals surface area (Å²) in [4.78, 5) is 18.2. The topological polar surface area (TPSA) is 70.7 Å². The van der Waals surface area contributed by atoms with Crippen LogP contribution < -0.4 is 5.32 Å². The van der Waals surface area contributed by atoms with E-state index in [1.54, 1.807) is 18.2 Å². The Balaban J connectivity index is 1.64. The first-order valence-electron chi connectivity index (χ1n) is 10.7. The number of pyridine rings is 1. The summed E-state index contributed by atoms with van der Waals surface area (Å²) in [5.41, 5.74) is 4.76. The van der Waals surface area contributed by atoms with Crippen molar-refractivity contribution in [1.29, 1.82) is 0 Å². The van der Waals surface area contributed by atoms with E-state index in [-0.39, 0.29) is 17.8 Å². The van der Waals surface area contributed by atoms with E-state index < -0.39 is 0 Å². The average molecular weight is 436 g/mol. The molecule has 1 amide bonds. The molecular weight excluding hydrogens is 415 g/mol. The number of hydrogen-bond acceptors (Lipinski definition) is 3. The standard InChI is InChI=1S/C27H21FN4O/c1-17(18-8-4-2-5-9-18)29-27(33)22-16-23(19-12-14-21(28)15-13-19)30-26-24(22)25(31-32-26)20-10-6-3-7-11-20/h2-17H,1H3,(H,29,33)(H,30,31,32)/t17-/m0/s1. The van der Waals surface area contributed by atoms with Crippen molar-refractivity contribution in [2.24, 2.45) is 0 Å². The first-order chi connectivity index (χ1) is 16.1. The zero-order valence-electron chi connectivity index (χ0n) is 17.9. The van der Waals surface area contributed by atoms with Crippen molar-refractivity contribution in [3.8, 4) is 22.5 Å². The summed E-state index contributed by atoms with van der Waals surface area (Å²) in [6, 6.07) is 27.1. The minimum atomic E-state index is -0.333. The van der Waals surface area contributed by atoms with E-state index in [9.17, 15) is 9.18 Å². The highest BCUT2D eigenvalue weighted by atomic mass is 19.1. The minimum absolute atomic E-state index is 0.191. The van der Waals surface area contributed by atoms with Crippen LogP contribution in [0.2, 0.25) is 0 Å². The number of rotatable bonds is 5. The first-order valence-corrected chi connectivity index (χ1v) is 10.7. The van der Waals surface area contributed by atoms with E-state index in [2.05, 4.69) is 20.5 Å². The number of nitrogens with zero attached hydrogens (tertiary/aromatic N) is 2. The predicted octanol–water partition coefficient (Wildman–Crippen LogP) is 5.92. The summed E-state index contributed by atoms with van der Waals surface area (Å²) < 4.78 is 13.5. The molecule has 5 nitrogen and oxygen atoms in total. The molecule has 2 heterocycles. The lowest BCUT2D eigenvalue weighted by atomic mass is 10.0. The number of carbonyl (C=O) groups is 1. The highest BCUT2D eigenvalue weighted by Gasteiger charge is 2.21. The van der Waals surface area contributed by atoms with Crippen LogP contribution in [0.4, 0.5) is 4.39 Å². The number of halogens is 1. The number of benzene rings is 3. The predicted molar refractivity (Wildman–Crippen MR) is 127 cm³/mol. The number of H-pyrrole nitrogens is 1. The maximum atomic E-state index is 13.5. The van der Waals surface area contributed by atoms with Crippen LogP contribution >= 0.6 is 0 Å². The third-order valence-electron chi connectivity index (χ3n) is 5.62. The summed E-state index contributed by atoms with van der Waals surface area (Å²) in [7, 11) is 0. The normalized spacial score (nSPS) is 11.9. The van der Waals surface area contributed by atoms with Crippen molar-refractivity contribution in [3.05, 3.63) is 108 Å². The summed E-state index contributed by atoms with van der Waals surface area (Å²) in [5.74, 6) is -0.568. The van der Waals surface area contributed by atoms with Gasteiger partial charge in [0.25, 0.3) is 5.91 Å². The van der Waals surface area contributed by atoms with Gasteiger partial charge in [-0.15, -0.1) is 0 Å². The van der Waals surface area contributed by atoms with Gasteiger partial charge in [0.2, 0.25) is 0 Å². The molecule has 0 fully saturated rings. The van der Waals surface area contributed by atoms with Gasteiger partial charge in [-0.3, -0.25) is 9.89 Å². The first kappa shape index (κ1) is 20.6. The largest absolute Gasteiger partial charge is 0.345 e. The highest BCUT2D eigenvalue weighted by molar-refractivity contribution is 6.11. The molecule has 0 aliphatic carbocycles. The van der Waals surface area contributed by atoms with Crippen LogP contribution in [0, 0.1) is 5.82 Å². The lowest BCUT2D eigenvalue weighted by Crippen LogP contribution is -2.27. The maximum absolute atomic E-state index is 13.5. The monoisotopic (exact) mass is 436 g/mol. The molecule has 0 aliphatic rings. The molecule has 33 heavy (non-hydrogen) atoms. The van der Waals surface area contributed by atoms with Crippen LogP contribution in [0.25, 0.3) is 33.5 Å². The lowest BCUT2D eigenvalue weighted by molar-refractivity contribution is 0.0941. The number of hydrogen-bond donors (Lipinski definition) is 2. The smallest absolute Gasteiger partial charge is 0.252 e. The van der Waals surface area contributed by atoms with Crippen LogP contribution in [-0.2, 0) is 0 Å². The molecule has 3 aromatic carbocycles. The Bertz CT molecular complexity index is 1410. The van der Waals surface area contributed by atoms with Gasteiger partial charge >= 0.3 is 0 Å². The molecule has 0 unspecified atom stereocenters. The quantitative estimate of drug-likeness (QED) is 0.359. The summed E-state index contributed by atoms with van der Waals surface area (Å²) in [6.07, 6.45) is 0. The molecule has 5 aromatic rings. The van der Waals surface area contributed by atoms with E-state index >= 15 is 0 Å². The summed E-state index contributed by atoms with van der Waals surface area (Å²) >= 11 is 0. The van der Waals surface area contributed by atoms with Crippen LogP contribution in [0.15, 0.2) is 91.0 Å². The number of carbonyl (C=O) groups excluding carboxylic acids is 1. The second kappa shape index (κ2) is 8.67. The maximum Gasteiger partial charge on any atom is 0.252 e. The Morgan fingerprint density at radius 2 is 1.58 bits per heavy atom. The fourth-order valence-corrected chi connectivity index (χ4v) is 3.88. The van der Waals surface area contributed by atoms with Gasteiger partial charge in [0, 0.05) is 11.1 Å². The fraction of sp³-hybridized carbons (Fsp3) is 0.0741. The molecule has 6 heteroatoms. The molecule has 2 N–H and O–H groups in total. The van der Waals surface area contributed by atoms with E-state index in [1.165, 1.54) is 12.1 Å². The van der Waals surface area contributed by atoms with Crippen LogP contribution in [-0.4, -0.2) is 21.1 Å². The van der Waals surface area contributed by atoms with E-state index in [0.717, 1.165) is 16.8 Å². The molecule has 2 aromatic heterocycles. The van der Waals surface area contributed by atoms with Crippen molar-refractivity contribution < 1.29 is 9.18 Å². The molecular formula is C27H21FN4O. The third kappa shape index (κ3) is 4.11. The SMILES string of the molecule is C[C@H](NC(=O)c1cc(-c2ccc(F)cc2)nc2n[nH]c(-c3ccccc3)c12)c1ccccc1. The van der Waals surface area contributed by atoms with Crippen LogP contribution in [0.3, 0.4) is 0 Å². The van der Waals surface area contributed by atoms with Crippen molar-refractivity contribution in [2.75, 3.05) is 0 Å². The Hall–Kier alpha value is -4.32. The van der Waals surface area contributed by atoms with Gasteiger partial charge in [-0.1, -0.05) is 60.7 Å². The van der Waals surface area contributed by atoms with Crippen molar-refractivity contribution in [1.82, 2.24) is 20.5 Å². The molecule has 0 spiro atoms. The molecule has 0 aliphatic heterocycles. The Morgan fingerprint density at radius 1 is 0.909 bits per heavy atom. The lowest BCUT2D eigenvalue weighted by Gasteiger charge is -2.15. The molecule has 0 bridgehead atoms. The van der Waals surface area contributed by atoms with Crippen LogP contribution in [0.5, 0.6) is 0 Å². The van der Waals surface area contributed by atoms with Crippen molar-refractivity contribution in [3.63, 3.8) is 0 Å². The Kier molecular flexibility index (Phi) is 5.40. The van der Waals surface area contributed by atoms with Crippen molar-refractivity contribution in [2.45, 2.75) is 13.0 Å². The number of amides is 1. The number of nitrogens with one attached hydrogen (secondary N) is 2. The molecule has 0 saturated heterocycles. The van der Waals surface area contributed by atoms with Gasteiger partial charge in [-0.25, -0.2) is 9.37 Å². The Labute approximate surface area is 190 Å². The molecule has 5 rings (SSSR count). The average Bonchev–Trinajstić information content (AvgIpc) is 3.29. The van der Waals surface area contributed by atoms with E-state index in [1.807, 2.05) is 67.6 Å². The minimum Gasteiger partial charge on any atom is -0.345 e. The zero-order chi connectivity index (χ0) is 22.8. The summed E-state index contributed by atoms with van der Waals surface area (Å²) in [5, 5.41) is 11.2. The van der Waals surface area contributed by atoms with Gasteiger partial charge in [-0.2, -0.15) is 5.10 Å². The molecule has 1 atom stereocenters. The van der Waals surface area contributed by atoms with Crippen molar-refractivity contribution >= 4 is 16.9 Å². The second-order valence-electron chi connectivity index (χ2n) is 7.83. The Morgan fingerprint density at radius 3 is 2.27 bits per heavy atom. The number of aromatic amines is 1. The van der Waals surface area contributed by atoms with Gasteiger partial charge < -0.3 is 5.32 Å². The van der Waals surface area contributed by atoms with Gasteiger partial charge in [-0.05, 0) is 42.8 Å². The van der Waals surface area contributed by atoms with Gasteiger partial charge in [0.05, 0.1) is 28.4 Å². The summed E-state index contributed by atoms with van der Waals surface area (Å²) in [6.45, 7) is 1.94. The number of aromatic nitrogens is 3. The van der Waals surface area contributed by atoms with Gasteiger partial charge in [0.1, 0.15) is 5.82 Å². The van der Waals surface area contributed by atoms with E-state index in [4.69, 9.17) is 0 Å². The zero-order valence-corrected chi connectivity index (χ0v) is 17.9. The highest BCUT2D eigenvalue weighted by Crippen LogP contribution is 2.31. The molecule has 0 radical (unpaired) electrons. The van der Waals surface area contributed by atoms with Gasteiger partial charge in [0.15, 0.2) is 5.65 Å².